The summed E-state index contributed by atoms with van der Waals surface area (Å²) < 4.78 is 23.4. The van der Waals surface area contributed by atoms with Crippen molar-refractivity contribution >= 4 is 34.8 Å². The number of nitrogens with zero attached hydrogens (tertiary/aromatic N) is 2. The lowest BCUT2D eigenvalue weighted by molar-refractivity contribution is 0.283. The van der Waals surface area contributed by atoms with E-state index in [0.717, 1.165) is 40.5 Å². The first-order chi connectivity index (χ1) is 15.5. The van der Waals surface area contributed by atoms with Gasteiger partial charge in [0.15, 0.2) is 5.44 Å². The largest absolute Gasteiger partial charge is 0.663 e. The first kappa shape index (κ1) is 24.0. The highest BCUT2D eigenvalue weighted by atomic mass is 31.2. The van der Waals surface area contributed by atoms with Crippen molar-refractivity contribution in [2.75, 3.05) is 19.7 Å². The summed E-state index contributed by atoms with van der Waals surface area (Å²) in [5, 5.41) is 5.59. The normalized spacial score (nSPS) is 12.9. The van der Waals surface area contributed by atoms with Gasteiger partial charge in [-0.15, -0.1) is 0 Å². The van der Waals surface area contributed by atoms with Gasteiger partial charge in [-0.25, -0.2) is 4.98 Å². The van der Waals surface area contributed by atoms with Crippen molar-refractivity contribution in [3.05, 3.63) is 71.7 Å². The van der Waals surface area contributed by atoms with Crippen LogP contribution in [-0.2, 0) is 15.7 Å². The standard InChI is InChI=1S/C20H19N2O4P.C4H10N/c1-2-26-27(23,24)19-11-15-17(12-21-19)22-16-9-6-10-18(20(15)16)25-13-14-7-4-3-5-8-14;1-3-5-4-2/h3-12,22H,2,13H2,1H3,(H,23,24);3-4H2,1-2H3/q;-1. The zero-order valence-electron chi connectivity index (χ0n) is 18.6. The molecule has 0 aliphatic carbocycles. The van der Waals surface area contributed by atoms with E-state index >= 15 is 0 Å². The van der Waals surface area contributed by atoms with E-state index in [9.17, 15) is 9.46 Å². The third-order valence-electron chi connectivity index (χ3n) is 4.73. The fourth-order valence-corrected chi connectivity index (χ4v) is 4.26. The van der Waals surface area contributed by atoms with E-state index in [0.29, 0.717) is 12.4 Å². The topological polar surface area (TPSA) is 98.5 Å². The number of ether oxygens (including phenoxy) is 1. The van der Waals surface area contributed by atoms with Gasteiger partial charge in [-0.1, -0.05) is 50.2 Å². The maximum atomic E-state index is 12.3. The predicted molar refractivity (Wildman–Crippen MR) is 130 cm³/mol. The first-order valence-electron chi connectivity index (χ1n) is 10.7. The molecule has 0 spiro atoms. The van der Waals surface area contributed by atoms with E-state index in [-0.39, 0.29) is 12.0 Å². The number of hydrogen-bond acceptors (Lipinski definition) is 4. The van der Waals surface area contributed by atoms with Crippen LogP contribution in [0.4, 0.5) is 0 Å². The SMILES string of the molecule is CCOP(=O)(O)c1cc2c(cn1)[nH]c1cccc(OCc3ccccc3)c12.CC[N-]CC. The second-order valence-corrected chi connectivity index (χ2v) is 8.72. The molecule has 2 aromatic heterocycles. The minimum absolute atomic E-state index is 0.0237. The number of hydrogen-bond donors (Lipinski definition) is 2. The van der Waals surface area contributed by atoms with Gasteiger partial charge in [0.2, 0.25) is 0 Å². The van der Waals surface area contributed by atoms with Gasteiger partial charge in [0, 0.05) is 10.8 Å². The summed E-state index contributed by atoms with van der Waals surface area (Å²) in [5.74, 6) is 0.698. The number of pyridine rings is 1. The van der Waals surface area contributed by atoms with Crippen LogP contribution in [0.5, 0.6) is 5.75 Å². The molecular formula is C24H29N3O4P-. The molecule has 0 aliphatic heterocycles. The quantitative estimate of drug-likeness (QED) is 0.341. The molecule has 0 saturated carbocycles. The summed E-state index contributed by atoms with van der Waals surface area (Å²) >= 11 is 0. The number of nitrogens with one attached hydrogen (secondary N) is 1. The van der Waals surface area contributed by atoms with Gasteiger partial charge in [0.05, 0.1) is 23.8 Å². The number of H-pyrrole nitrogens is 1. The van der Waals surface area contributed by atoms with E-state index in [1.165, 1.54) is 0 Å². The Hall–Kier alpha value is -2.70. The van der Waals surface area contributed by atoms with E-state index < -0.39 is 7.60 Å². The van der Waals surface area contributed by atoms with E-state index in [1.54, 1.807) is 19.2 Å². The van der Waals surface area contributed by atoms with Crippen molar-refractivity contribution < 1.29 is 18.7 Å². The zero-order valence-corrected chi connectivity index (χ0v) is 19.5. The average molecular weight is 454 g/mol. The molecule has 4 rings (SSSR count). The molecule has 0 radical (unpaired) electrons. The van der Waals surface area contributed by atoms with E-state index in [2.05, 4.69) is 15.3 Å². The second-order valence-electron chi connectivity index (χ2n) is 6.96. The Balaban J connectivity index is 0.000000523. The van der Waals surface area contributed by atoms with Gasteiger partial charge in [-0.05, 0) is 30.7 Å². The third-order valence-corrected chi connectivity index (χ3v) is 6.16. The fraction of sp³-hybridized carbons (Fsp3) is 0.292. The Kier molecular flexibility index (Phi) is 8.42. The van der Waals surface area contributed by atoms with Crippen LogP contribution in [0, 0.1) is 0 Å². The Morgan fingerprint density at radius 1 is 1.03 bits per heavy atom. The molecule has 1 atom stereocenters. The fourth-order valence-electron chi connectivity index (χ4n) is 3.28. The Bertz CT molecular complexity index is 1190. The number of aromatic amines is 1. The average Bonchev–Trinajstić information content (AvgIpc) is 3.18. The Morgan fingerprint density at radius 2 is 1.78 bits per heavy atom. The van der Waals surface area contributed by atoms with E-state index in [4.69, 9.17) is 9.26 Å². The monoisotopic (exact) mass is 454 g/mol. The van der Waals surface area contributed by atoms with Crippen LogP contribution < -0.4 is 10.2 Å². The highest BCUT2D eigenvalue weighted by molar-refractivity contribution is 7.61. The predicted octanol–water partition coefficient (Wildman–Crippen LogP) is 5.54. The molecule has 0 fully saturated rings. The van der Waals surface area contributed by atoms with Crippen molar-refractivity contribution in [3.63, 3.8) is 0 Å². The van der Waals surface area contributed by atoms with Crippen LogP contribution in [-0.4, -0.2) is 34.6 Å². The Morgan fingerprint density at radius 3 is 2.44 bits per heavy atom. The van der Waals surface area contributed by atoms with Crippen molar-refractivity contribution in [1.82, 2.24) is 9.97 Å². The molecule has 0 saturated heterocycles. The summed E-state index contributed by atoms with van der Waals surface area (Å²) in [7, 11) is -3.95. The lowest BCUT2D eigenvalue weighted by Gasteiger charge is -2.10. The van der Waals surface area contributed by atoms with Crippen LogP contribution in [0.3, 0.4) is 0 Å². The lowest BCUT2D eigenvalue weighted by atomic mass is 10.1. The maximum absolute atomic E-state index is 12.3. The summed E-state index contributed by atoms with van der Waals surface area (Å²) in [6.07, 6.45) is 1.55. The van der Waals surface area contributed by atoms with Crippen LogP contribution in [0.15, 0.2) is 60.8 Å². The van der Waals surface area contributed by atoms with Gasteiger partial charge in [-0.3, -0.25) is 4.57 Å². The molecule has 7 nitrogen and oxygen atoms in total. The molecule has 2 aromatic carbocycles. The van der Waals surface area contributed by atoms with Crippen molar-refractivity contribution in [3.8, 4) is 5.75 Å². The molecule has 0 aliphatic rings. The number of rotatable bonds is 8. The Labute approximate surface area is 188 Å². The lowest BCUT2D eigenvalue weighted by Crippen LogP contribution is -2.11. The molecule has 32 heavy (non-hydrogen) atoms. The summed E-state index contributed by atoms with van der Waals surface area (Å²) in [6, 6.07) is 17.2. The summed E-state index contributed by atoms with van der Waals surface area (Å²) in [5.41, 5.74) is 2.73. The zero-order chi connectivity index (χ0) is 23.0. The smallest absolute Gasteiger partial charge is 0.376 e. The molecule has 1 unspecified atom stereocenters. The highest BCUT2D eigenvalue weighted by Gasteiger charge is 2.25. The van der Waals surface area contributed by atoms with Gasteiger partial charge in [0.1, 0.15) is 12.4 Å². The van der Waals surface area contributed by atoms with Crippen molar-refractivity contribution in [1.29, 1.82) is 0 Å². The molecule has 0 amide bonds. The molecule has 4 aromatic rings. The van der Waals surface area contributed by atoms with Gasteiger partial charge < -0.3 is 24.5 Å². The molecular weight excluding hydrogens is 425 g/mol. The van der Waals surface area contributed by atoms with E-state index in [1.807, 2.05) is 62.4 Å². The molecule has 8 heteroatoms. The molecule has 0 bridgehead atoms. The van der Waals surface area contributed by atoms with Crippen LogP contribution >= 0.6 is 7.60 Å². The molecule has 170 valence electrons. The van der Waals surface area contributed by atoms with Crippen LogP contribution in [0.1, 0.15) is 26.3 Å². The highest BCUT2D eigenvalue weighted by Crippen LogP contribution is 2.41. The van der Waals surface area contributed by atoms with Crippen LogP contribution in [0.25, 0.3) is 27.1 Å². The molecule has 2 heterocycles. The van der Waals surface area contributed by atoms with Crippen LogP contribution in [0.2, 0.25) is 0 Å². The van der Waals surface area contributed by atoms with Crippen molar-refractivity contribution in [2.24, 2.45) is 0 Å². The number of benzene rings is 2. The number of fused-ring (bicyclic) bond motifs is 3. The maximum Gasteiger partial charge on any atom is 0.376 e. The summed E-state index contributed by atoms with van der Waals surface area (Å²) in [6.45, 7) is 8.26. The summed E-state index contributed by atoms with van der Waals surface area (Å²) in [4.78, 5) is 17.5. The number of aromatic nitrogens is 2. The van der Waals surface area contributed by atoms with Gasteiger partial charge >= 0.3 is 7.60 Å². The first-order valence-corrected chi connectivity index (χ1v) is 12.3. The minimum atomic E-state index is -3.95. The minimum Gasteiger partial charge on any atom is -0.663 e. The van der Waals surface area contributed by atoms with Gasteiger partial charge in [-0.2, -0.15) is 13.1 Å². The molecule has 2 N–H and O–H groups in total. The second kappa shape index (κ2) is 11.2. The van der Waals surface area contributed by atoms with Gasteiger partial charge in [0.25, 0.3) is 0 Å². The van der Waals surface area contributed by atoms with Crippen molar-refractivity contribution in [2.45, 2.75) is 27.4 Å². The third kappa shape index (κ3) is 5.75.